The molecule has 27 heavy (non-hydrogen) atoms. The Kier molecular flexibility index (Phi) is 4.96. The molecule has 3 aromatic carbocycles. The molecule has 0 amide bonds. The molecule has 4 nitrogen and oxygen atoms in total. The molecule has 7 heteroatoms. The number of aliphatic imine (C=N–C) groups is 1. The molecule has 0 aliphatic carbocycles. The van der Waals surface area contributed by atoms with E-state index in [1.165, 1.54) is 12.1 Å². The highest BCUT2D eigenvalue weighted by atomic mass is 127. The second-order valence-electron chi connectivity index (χ2n) is 5.76. The maximum atomic E-state index is 13.1. The van der Waals surface area contributed by atoms with Gasteiger partial charge in [-0.3, -0.25) is 4.99 Å². The zero-order chi connectivity index (χ0) is 19.0. The van der Waals surface area contributed by atoms with E-state index in [1.54, 1.807) is 42.6 Å². The normalized spacial score (nSPS) is 11.5. The summed E-state index contributed by atoms with van der Waals surface area (Å²) in [5, 5.41) is 10.1. The highest BCUT2D eigenvalue weighted by Gasteiger charge is 2.09. The molecule has 0 atom stereocenters. The zero-order valence-electron chi connectivity index (χ0n) is 13.7. The van der Waals surface area contributed by atoms with Crippen LogP contribution in [0.25, 0.3) is 22.6 Å². The van der Waals surface area contributed by atoms with E-state index in [0.29, 0.717) is 33.8 Å². The van der Waals surface area contributed by atoms with Gasteiger partial charge in [0.25, 0.3) is 0 Å². The number of fused-ring (bicyclic) bond motifs is 1. The fourth-order valence-electron chi connectivity index (χ4n) is 2.54. The molecule has 0 aliphatic rings. The molecule has 0 saturated heterocycles. The Morgan fingerprint density at radius 1 is 1.11 bits per heavy atom. The molecule has 0 aliphatic heterocycles. The number of benzene rings is 3. The molecule has 1 N–H and O–H groups in total. The molecule has 0 bridgehead atoms. The van der Waals surface area contributed by atoms with E-state index in [0.717, 1.165) is 8.04 Å². The molecule has 0 fully saturated rings. The van der Waals surface area contributed by atoms with Crippen LogP contribution in [0.4, 0.5) is 10.1 Å². The first-order chi connectivity index (χ1) is 13.0. The summed E-state index contributed by atoms with van der Waals surface area (Å²) in [5.74, 6) is 0.297. The van der Waals surface area contributed by atoms with Crippen molar-refractivity contribution in [3.63, 3.8) is 0 Å². The van der Waals surface area contributed by atoms with Crippen LogP contribution < -0.4 is 0 Å². The lowest BCUT2D eigenvalue weighted by Crippen LogP contribution is -1.86. The molecule has 4 aromatic rings. The summed E-state index contributed by atoms with van der Waals surface area (Å²) in [5.41, 5.74) is 3.26. The molecule has 0 spiro atoms. The molecule has 0 saturated carbocycles. The lowest BCUT2D eigenvalue weighted by Gasteiger charge is -2.02. The molecule has 1 heterocycles. The van der Waals surface area contributed by atoms with E-state index < -0.39 is 0 Å². The Morgan fingerprint density at radius 3 is 2.67 bits per heavy atom. The maximum absolute atomic E-state index is 13.1. The smallest absolute Gasteiger partial charge is 0.227 e. The Balaban J connectivity index is 1.67. The number of rotatable bonds is 3. The average molecular weight is 537 g/mol. The highest BCUT2D eigenvalue weighted by Crippen LogP contribution is 2.29. The van der Waals surface area contributed by atoms with Crippen molar-refractivity contribution in [1.82, 2.24) is 4.98 Å². The van der Waals surface area contributed by atoms with Crippen molar-refractivity contribution >= 4 is 61.5 Å². The van der Waals surface area contributed by atoms with E-state index >= 15 is 0 Å². The Hall–Kier alpha value is -2.26. The Labute approximate surface area is 176 Å². The van der Waals surface area contributed by atoms with Gasteiger partial charge in [-0.15, -0.1) is 0 Å². The second-order valence-corrected chi connectivity index (χ2v) is 7.84. The van der Waals surface area contributed by atoms with Crippen LogP contribution in [0.15, 0.2) is 68.5 Å². The number of phenolic OH excluding ortho intramolecular Hbond substituents is 1. The molecule has 0 unspecified atom stereocenters. The van der Waals surface area contributed by atoms with Crippen molar-refractivity contribution in [2.75, 3.05) is 0 Å². The Bertz CT molecular complexity index is 1170. The van der Waals surface area contributed by atoms with Crippen molar-refractivity contribution in [3.05, 3.63) is 74.0 Å². The number of oxazole rings is 1. The molecular formula is C20H11BrFIN2O2. The Morgan fingerprint density at radius 2 is 1.89 bits per heavy atom. The van der Waals surface area contributed by atoms with Crippen molar-refractivity contribution in [1.29, 1.82) is 0 Å². The van der Waals surface area contributed by atoms with Gasteiger partial charge < -0.3 is 9.52 Å². The first kappa shape index (κ1) is 18.1. The topological polar surface area (TPSA) is 58.6 Å². The summed E-state index contributed by atoms with van der Waals surface area (Å²) >= 11 is 5.48. The quantitative estimate of drug-likeness (QED) is 0.241. The number of hydrogen-bond acceptors (Lipinski definition) is 4. The minimum atomic E-state index is -0.308. The van der Waals surface area contributed by atoms with E-state index in [1.807, 2.05) is 6.07 Å². The lowest BCUT2D eigenvalue weighted by atomic mass is 10.2. The van der Waals surface area contributed by atoms with Gasteiger partial charge in [-0.05, 0) is 77.2 Å². The fourth-order valence-corrected chi connectivity index (χ4v) is 4.09. The van der Waals surface area contributed by atoms with Gasteiger partial charge in [-0.2, -0.15) is 0 Å². The lowest BCUT2D eigenvalue weighted by molar-refractivity contribution is 0.470. The van der Waals surface area contributed by atoms with Crippen molar-refractivity contribution in [3.8, 4) is 17.2 Å². The minimum Gasteiger partial charge on any atom is -0.506 e. The molecular weight excluding hydrogens is 526 g/mol. The fraction of sp³-hybridized carbons (Fsp3) is 0. The van der Waals surface area contributed by atoms with Crippen LogP contribution in [0.2, 0.25) is 0 Å². The van der Waals surface area contributed by atoms with E-state index in [9.17, 15) is 9.50 Å². The van der Waals surface area contributed by atoms with Crippen LogP contribution in [-0.4, -0.2) is 16.3 Å². The summed E-state index contributed by atoms with van der Waals surface area (Å²) in [6.07, 6.45) is 1.60. The number of hydrogen-bond donors (Lipinski definition) is 1. The van der Waals surface area contributed by atoms with Crippen LogP contribution in [0, 0.1) is 9.39 Å². The zero-order valence-corrected chi connectivity index (χ0v) is 17.4. The predicted molar refractivity (Wildman–Crippen MR) is 115 cm³/mol. The molecule has 4 rings (SSSR count). The largest absolute Gasteiger partial charge is 0.506 e. The van der Waals surface area contributed by atoms with Gasteiger partial charge in [-0.25, -0.2) is 9.37 Å². The minimum absolute atomic E-state index is 0.184. The summed E-state index contributed by atoms with van der Waals surface area (Å²) in [6, 6.07) is 15.0. The standard InChI is InChI=1S/C20H11BrFIN2O2/c21-13-7-12(19(26)16(23)8-13)10-24-15-5-6-18-17(9-15)25-20(27-18)11-1-3-14(22)4-2-11/h1-10,26H. The number of halogens is 3. The third-order valence-corrected chi connectivity index (χ3v) is 5.15. The van der Waals surface area contributed by atoms with Crippen molar-refractivity contribution in [2.24, 2.45) is 4.99 Å². The van der Waals surface area contributed by atoms with Gasteiger partial charge in [0.1, 0.15) is 17.1 Å². The van der Waals surface area contributed by atoms with Crippen molar-refractivity contribution in [2.45, 2.75) is 0 Å². The second kappa shape index (κ2) is 7.40. The summed E-state index contributed by atoms with van der Waals surface area (Å²) < 4.78 is 20.4. The van der Waals surface area contributed by atoms with Gasteiger partial charge in [0.2, 0.25) is 5.89 Å². The third-order valence-electron chi connectivity index (χ3n) is 3.87. The molecule has 1 aromatic heterocycles. The van der Waals surface area contributed by atoms with E-state index in [2.05, 4.69) is 48.5 Å². The highest BCUT2D eigenvalue weighted by molar-refractivity contribution is 14.1. The van der Waals surface area contributed by atoms with Crippen LogP contribution in [0.3, 0.4) is 0 Å². The van der Waals surface area contributed by atoms with Gasteiger partial charge in [0.05, 0.1) is 9.26 Å². The number of nitrogens with zero attached hydrogens (tertiary/aromatic N) is 2. The summed E-state index contributed by atoms with van der Waals surface area (Å²) in [6.45, 7) is 0. The van der Waals surface area contributed by atoms with E-state index in [4.69, 9.17) is 4.42 Å². The van der Waals surface area contributed by atoms with E-state index in [-0.39, 0.29) is 11.6 Å². The maximum Gasteiger partial charge on any atom is 0.227 e. The first-order valence-corrected chi connectivity index (χ1v) is 9.75. The van der Waals surface area contributed by atoms with Gasteiger partial charge in [0.15, 0.2) is 5.58 Å². The first-order valence-electron chi connectivity index (χ1n) is 7.88. The summed E-state index contributed by atoms with van der Waals surface area (Å²) in [7, 11) is 0. The number of aromatic hydroxyl groups is 1. The average Bonchev–Trinajstić information content (AvgIpc) is 3.07. The molecule has 134 valence electrons. The predicted octanol–water partition coefficient (Wildman–Crippen LogP) is 6.46. The van der Waals surface area contributed by atoms with Crippen LogP contribution in [0.1, 0.15) is 5.56 Å². The third kappa shape index (κ3) is 3.89. The SMILES string of the molecule is Oc1c(I)cc(Br)cc1C=Nc1ccc2oc(-c3ccc(F)cc3)nc2c1. The number of aromatic nitrogens is 1. The van der Waals surface area contributed by atoms with Gasteiger partial charge in [-0.1, -0.05) is 15.9 Å². The van der Waals surface area contributed by atoms with Gasteiger partial charge in [0, 0.05) is 21.8 Å². The van der Waals surface area contributed by atoms with Crippen LogP contribution in [-0.2, 0) is 0 Å². The van der Waals surface area contributed by atoms with Crippen LogP contribution in [0.5, 0.6) is 5.75 Å². The summed E-state index contributed by atoms with van der Waals surface area (Å²) in [4.78, 5) is 8.88. The monoisotopic (exact) mass is 536 g/mol. The molecule has 0 radical (unpaired) electrons. The van der Waals surface area contributed by atoms with Gasteiger partial charge >= 0.3 is 0 Å². The van der Waals surface area contributed by atoms with Crippen molar-refractivity contribution < 1.29 is 13.9 Å². The van der Waals surface area contributed by atoms with Crippen LogP contribution >= 0.6 is 38.5 Å². The number of phenols is 1.